The number of hydrogen-bond acceptors (Lipinski definition) is 2. The highest BCUT2D eigenvalue weighted by molar-refractivity contribution is 5.81. The predicted molar refractivity (Wildman–Crippen MR) is 50.3 cm³/mol. The Labute approximate surface area is 76.0 Å². The predicted octanol–water partition coefficient (Wildman–Crippen LogP) is 2.05. The zero-order valence-corrected chi connectivity index (χ0v) is 7.55. The van der Waals surface area contributed by atoms with E-state index in [1.54, 1.807) is 0 Å². The molecule has 64 valence electrons. The van der Waals surface area contributed by atoms with Gasteiger partial charge in [-0.3, -0.25) is 0 Å². The molecule has 0 aromatic carbocycles. The first-order valence-corrected chi connectivity index (χ1v) is 4.08. The summed E-state index contributed by atoms with van der Waals surface area (Å²) < 4.78 is 0. The molecule has 2 aromatic rings. The molecular formula is C10H9N3. The SMILES string of the molecule is Cc1nc2[nH]ccc2c(C)c1C#N. The van der Waals surface area contributed by atoms with E-state index >= 15 is 0 Å². The third-order valence-corrected chi connectivity index (χ3v) is 2.26. The highest BCUT2D eigenvalue weighted by atomic mass is 14.8. The van der Waals surface area contributed by atoms with Crippen LogP contribution in [0.1, 0.15) is 16.8 Å². The van der Waals surface area contributed by atoms with Crippen molar-refractivity contribution in [2.45, 2.75) is 13.8 Å². The molecule has 0 saturated heterocycles. The van der Waals surface area contributed by atoms with E-state index in [1.807, 2.05) is 26.1 Å². The van der Waals surface area contributed by atoms with E-state index in [1.165, 1.54) is 0 Å². The summed E-state index contributed by atoms with van der Waals surface area (Å²) in [6.45, 7) is 3.80. The Morgan fingerprint density at radius 1 is 1.46 bits per heavy atom. The number of aromatic amines is 1. The molecule has 0 radical (unpaired) electrons. The van der Waals surface area contributed by atoms with Gasteiger partial charge in [-0.15, -0.1) is 0 Å². The molecule has 1 N–H and O–H groups in total. The van der Waals surface area contributed by atoms with Crippen LogP contribution in [0.2, 0.25) is 0 Å². The molecule has 0 aliphatic carbocycles. The average molecular weight is 171 g/mol. The van der Waals surface area contributed by atoms with Crippen molar-refractivity contribution in [3.05, 3.63) is 29.1 Å². The maximum absolute atomic E-state index is 8.90. The lowest BCUT2D eigenvalue weighted by Crippen LogP contribution is -1.92. The van der Waals surface area contributed by atoms with Gasteiger partial charge in [-0.25, -0.2) is 4.98 Å². The second kappa shape index (κ2) is 2.60. The lowest BCUT2D eigenvalue weighted by Gasteiger charge is -2.01. The van der Waals surface area contributed by atoms with E-state index in [0.29, 0.717) is 5.56 Å². The monoisotopic (exact) mass is 171 g/mol. The molecule has 0 aliphatic heterocycles. The summed E-state index contributed by atoms with van der Waals surface area (Å²) in [5.41, 5.74) is 3.34. The molecule has 2 heterocycles. The second-order valence-electron chi connectivity index (χ2n) is 3.05. The average Bonchev–Trinajstić information content (AvgIpc) is 2.53. The Morgan fingerprint density at radius 3 is 2.92 bits per heavy atom. The Morgan fingerprint density at radius 2 is 2.23 bits per heavy atom. The molecule has 0 saturated carbocycles. The maximum atomic E-state index is 8.90. The van der Waals surface area contributed by atoms with E-state index in [4.69, 9.17) is 5.26 Å². The molecule has 3 heteroatoms. The van der Waals surface area contributed by atoms with Crippen molar-refractivity contribution in [3.8, 4) is 6.07 Å². The van der Waals surface area contributed by atoms with Gasteiger partial charge in [0.25, 0.3) is 0 Å². The molecule has 0 amide bonds. The van der Waals surface area contributed by atoms with E-state index in [0.717, 1.165) is 22.3 Å². The first kappa shape index (κ1) is 7.81. The summed E-state index contributed by atoms with van der Waals surface area (Å²) in [7, 11) is 0. The van der Waals surface area contributed by atoms with Crippen LogP contribution in [-0.4, -0.2) is 9.97 Å². The van der Waals surface area contributed by atoms with Crippen LogP contribution >= 0.6 is 0 Å². The van der Waals surface area contributed by atoms with Crippen LogP contribution < -0.4 is 0 Å². The van der Waals surface area contributed by atoms with E-state index in [9.17, 15) is 0 Å². The minimum absolute atomic E-state index is 0.687. The largest absolute Gasteiger partial charge is 0.346 e. The third-order valence-electron chi connectivity index (χ3n) is 2.26. The fourth-order valence-electron chi connectivity index (χ4n) is 1.55. The first-order chi connectivity index (χ1) is 6.24. The lowest BCUT2D eigenvalue weighted by atomic mass is 10.1. The molecule has 0 bridgehead atoms. The van der Waals surface area contributed by atoms with Crippen molar-refractivity contribution in [2.75, 3.05) is 0 Å². The quantitative estimate of drug-likeness (QED) is 0.659. The van der Waals surface area contributed by atoms with Crippen molar-refractivity contribution < 1.29 is 0 Å². The number of rotatable bonds is 0. The number of hydrogen-bond donors (Lipinski definition) is 1. The highest BCUT2D eigenvalue weighted by Gasteiger charge is 2.08. The molecule has 13 heavy (non-hydrogen) atoms. The number of H-pyrrole nitrogens is 1. The molecule has 3 nitrogen and oxygen atoms in total. The molecule has 2 rings (SSSR count). The van der Waals surface area contributed by atoms with Crippen LogP contribution in [-0.2, 0) is 0 Å². The number of pyridine rings is 1. The Kier molecular flexibility index (Phi) is 1.56. The van der Waals surface area contributed by atoms with Gasteiger partial charge < -0.3 is 4.98 Å². The summed E-state index contributed by atoms with van der Waals surface area (Å²) in [6, 6.07) is 4.11. The maximum Gasteiger partial charge on any atom is 0.137 e. The summed E-state index contributed by atoms with van der Waals surface area (Å²) in [4.78, 5) is 7.32. The van der Waals surface area contributed by atoms with Crippen LogP contribution in [0.3, 0.4) is 0 Å². The molecule has 2 aromatic heterocycles. The summed E-state index contributed by atoms with van der Waals surface area (Å²) >= 11 is 0. The van der Waals surface area contributed by atoms with Crippen LogP contribution in [0.5, 0.6) is 0 Å². The second-order valence-corrected chi connectivity index (χ2v) is 3.05. The standard InChI is InChI=1S/C10H9N3/c1-6-8-3-4-12-10(8)13-7(2)9(6)5-11/h3-4H,1-2H3,(H,12,13). The smallest absolute Gasteiger partial charge is 0.137 e. The van der Waals surface area contributed by atoms with Crippen molar-refractivity contribution in [3.63, 3.8) is 0 Å². The van der Waals surface area contributed by atoms with Crippen LogP contribution in [0, 0.1) is 25.2 Å². The zero-order valence-electron chi connectivity index (χ0n) is 7.55. The molecule has 0 aliphatic rings. The minimum Gasteiger partial charge on any atom is -0.346 e. The minimum atomic E-state index is 0.687. The van der Waals surface area contributed by atoms with Gasteiger partial charge in [0.05, 0.1) is 11.3 Å². The summed E-state index contributed by atoms with van der Waals surface area (Å²) in [6.07, 6.45) is 1.84. The van der Waals surface area contributed by atoms with Gasteiger partial charge in [0.1, 0.15) is 11.7 Å². The summed E-state index contributed by atoms with van der Waals surface area (Å²) in [5.74, 6) is 0. The van der Waals surface area contributed by atoms with Crippen molar-refractivity contribution in [1.82, 2.24) is 9.97 Å². The van der Waals surface area contributed by atoms with Crippen molar-refractivity contribution in [2.24, 2.45) is 0 Å². The first-order valence-electron chi connectivity index (χ1n) is 4.08. The number of fused-ring (bicyclic) bond motifs is 1. The van der Waals surface area contributed by atoms with Gasteiger partial charge in [0, 0.05) is 11.6 Å². The van der Waals surface area contributed by atoms with Gasteiger partial charge in [-0.2, -0.15) is 5.26 Å². The van der Waals surface area contributed by atoms with E-state index in [-0.39, 0.29) is 0 Å². The van der Waals surface area contributed by atoms with Gasteiger partial charge in [0.15, 0.2) is 0 Å². The summed E-state index contributed by atoms with van der Waals surface area (Å²) in [5, 5.41) is 9.93. The van der Waals surface area contributed by atoms with E-state index < -0.39 is 0 Å². The topological polar surface area (TPSA) is 52.5 Å². The van der Waals surface area contributed by atoms with E-state index in [2.05, 4.69) is 16.0 Å². The lowest BCUT2D eigenvalue weighted by molar-refractivity contribution is 1.18. The molecule has 0 spiro atoms. The van der Waals surface area contributed by atoms with Crippen LogP contribution in [0.15, 0.2) is 12.3 Å². The Bertz CT molecular complexity index is 503. The van der Waals surface area contributed by atoms with Crippen molar-refractivity contribution >= 4 is 11.0 Å². The third kappa shape index (κ3) is 0.994. The molecule has 0 unspecified atom stereocenters. The normalized spacial score (nSPS) is 10.2. The number of aryl methyl sites for hydroxylation is 2. The van der Waals surface area contributed by atoms with Crippen molar-refractivity contribution in [1.29, 1.82) is 5.26 Å². The van der Waals surface area contributed by atoms with Crippen LogP contribution in [0.25, 0.3) is 11.0 Å². The fraction of sp³-hybridized carbons (Fsp3) is 0.200. The molecular weight excluding hydrogens is 162 g/mol. The Hall–Kier alpha value is -1.82. The number of nitrogens with zero attached hydrogens (tertiary/aromatic N) is 2. The molecule has 0 fully saturated rings. The number of nitrogens with one attached hydrogen (secondary N) is 1. The van der Waals surface area contributed by atoms with Gasteiger partial charge in [-0.1, -0.05) is 0 Å². The van der Waals surface area contributed by atoms with Gasteiger partial charge in [0.2, 0.25) is 0 Å². The highest BCUT2D eigenvalue weighted by Crippen LogP contribution is 2.20. The number of aromatic nitrogens is 2. The van der Waals surface area contributed by atoms with Crippen LogP contribution in [0.4, 0.5) is 0 Å². The van der Waals surface area contributed by atoms with Gasteiger partial charge >= 0.3 is 0 Å². The zero-order chi connectivity index (χ0) is 9.42. The fourth-order valence-corrected chi connectivity index (χ4v) is 1.55. The number of nitriles is 1. The Balaban J connectivity index is 2.95. The van der Waals surface area contributed by atoms with Gasteiger partial charge in [-0.05, 0) is 25.5 Å². The molecule has 0 atom stereocenters.